The van der Waals surface area contributed by atoms with Gasteiger partial charge in [-0.25, -0.2) is 0 Å². The molecule has 3 nitrogen and oxygen atoms in total. The Bertz CT molecular complexity index is 700. The molecule has 0 saturated carbocycles. The van der Waals surface area contributed by atoms with Gasteiger partial charge in [-0.3, -0.25) is 4.79 Å². The van der Waals surface area contributed by atoms with Crippen LogP contribution in [0.5, 0.6) is 0 Å². The lowest BCUT2D eigenvalue weighted by Crippen LogP contribution is -2.26. The molecule has 0 saturated heterocycles. The summed E-state index contributed by atoms with van der Waals surface area (Å²) in [6.45, 7) is 2.19. The third-order valence-electron chi connectivity index (χ3n) is 2.87. The number of nitrogens with one attached hydrogen (secondary N) is 1. The summed E-state index contributed by atoms with van der Waals surface area (Å²) in [5, 5.41) is 2.96. The molecule has 0 fully saturated rings. The van der Waals surface area contributed by atoms with E-state index >= 15 is 0 Å². The molecule has 0 aliphatic carbocycles. The average Bonchev–Trinajstić information content (AvgIpc) is 2.92. The highest BCUT2D eigenvalue weighted by Gasteiger charge is 2.15. The van der Waals surface area contributed by atoms with Crippen LogP contribution in [0.25, 0.3) is 0 Å². The SMILES string of the molecule is CC(NC(=O)c1ccccc1C#CCN)c1ccc(Cl)s1. The molecule has 0 bridgehead atoms. The van der Waals surface area contributed by atoms with E-state index in [4.69, 9.17) is 17.3 Å². The van der Waals surface area contributed by atoms with Gasteiger partial charge in [0.25, 0.3) is 5.91 Å². The predicted octanol–water partition coefficient (Wildman–Crippen LogP) is 3.20. The van der Waals surface area contributed by atoms with Crippen molar-refractivity contribution in [1.82, 2.24) is 5.32 Å². The Morgan fingerprint density at radius 1 is 1.38 bits per heavy atom. The summed E-state index contributed by atoms with van der Waals surface area (Å²) in [6, 6.07) is 10.9. The Balaban J connectivity index is 2.17. The molecule has 2 aromatic rings. The first-order chi connectivity index (χ1) is 10.1. The Labute approximate surface area is 133 Å². The maximum atomic E-state index is 12.4. The second-order valence-corrected chi connectivity index (χ2v) is 6.14. The number of benzene rings is 1. The number of thiophene rings is 1. The summed E-state index contributed by atoms with van der Waals surface area (Å²) in [6.07, 6.45) is 0. The molecule has 1 heterocycles. The molecular formula is C16H15ClN2OS. The Hall–Kier alpha value is -1.80. The third-order valence-corrected chi connectivity index (χ3v) is 4.28. The van der Waals surface area contributed by atoms with Crippen molar-refractivity contribution in [2.75, 3.05) is 6.54 Å². The van der Waals surface area contributed by atoms with Crippen molar-refractivity contribution in [1.29, 1.82) is 0 Å². The second-order valence-electron chi connectivity index (χ2n) is 4.39. The highest BCUT2D eigenvalue weighted by Crippen LogP contribution is 2.26. The highest BCUT2D eigenvalue weighted by atomic mass is 35.5. The maximum Gasteiger partial charge on any atom is 0.253 e. The molecule has 0 spiro atoms. The summed E-state index contributed by atoms with van der Waals surface area (Å²) in [7, 11) is 0. The molecule has 1 unspecified atom stereocenters. The van der Waals surface area contributed by atoms with Crippen LogP contribution < -0.4 is 11.1 Å². The Morgan fingerprint density at radius 2 is 2.14 bits per heavy atom. The van der Waals surface area contributed by atoms with Gasteiger partial charge in [0.2, 0.25) is 0 Å². The molecule has 1 aromatic carbocycles. The van der Waals surface area contributed by atoms with Crippen LogP contribution in [0.3, 0.4) is 0 Å². The summed E-state index contributed by atoms with van der Waals surface area (Å²) in [5.41, 5.74) is 6.60. The van der Waals surface area contributed by atoms with Crippen LogP contribution in [0.15, 0.2) is 36.4 Å². The minimum Gasteiger partial charge on any atom is -0.345 e. The zero-order valence-electron chi connectivity index (χ0n) is 11.5. The highest BCUT2D eigenvalue weighted by molar-refractivity contribution is 7.16. The largest absolute Gasteiger partial charge is 0.345 e. The molecule has 1 atom stereocenters. The zero-order valence-corrected chi connectivity index (χ0v) is 13.1. The molecule has 108 valence electrons. The van der Waals surface area contributed by atoms with Crippen molar-refractivity contribution in [2.45, 2.75) is 13.0 Å². The van der Waals surface area contributed by atoms with Gasteiger partial charge in [0, 0.05) is 10.4 Å². The molecule has 21 heavy (non-hydrogen) atoms. The van der Waals surface area contributed by atoms with E-state index in [1.807, 2.05) is 37.3 Å². The van der Waals surface area contributed by atoms with E-state index in [1.165, 1.54) is 11.3 Å². The summed E-state index contributed by atoms with van der Waals surface area (Å²) >= 11 is 7.37. The molecular weight excluding hydrogens is 304 g/mol. The van der Waals surface area contributed by atoms with E-state index in [-0.39, 0.29) is 18.5 Å². The third kappa shape index (κ3) is 4.08. The van der Waals surface area contributed by atoms with Crippen molar-refractivity contribution in [3.8, 4) is 11.8 Å². The predicted molar refractivity (Wildman–Crippen MR) is 87.6 cm³/mol. The van der Waals surface area contributed by atoms with Gasteiger partial charge in [-0.2, -0.15) is 0 Å². The van der Waals surface area contributed by atoms with Crippen molar-refractivity contribution in [3.63, 3.8) is 0 Å². The normalized spacial score (nSPS) is 11.4. The van der Waals surface area contributed by atoms with Gasteiger partial charge in [0.05, 0.1) is 22.5 Å². The van der Waals surface area contributed by atoms with Crippen molar-refractivity contribution in [2.24, 2.45) is 5.73 Å². The lowest BCUT2D eigenvalue weighted by atomic mass is 10.1. The first-order valence-electron chi connectivity index (χ1n) is 6.46. The van der Waals surface area contributed by atoms with E-state index in [1.54, 1.807) is 6.07 Å². The summed E-state index contributed by atoms with van der Waals surface area (Å²) in [5.74, 6) is 5.53. The number of rotatable bonds is 3. The average molecular weight is 319 g/mol. The van der Waals surface area contributed by atoms with Crippen LogP contribution >= 0.6 is 22.9 Å². The number of carbonyl (C=O) groups is 1. The lowest BCUT2D eigenvalue weighted by molar-refractivity contribution is 0.0940. The van der Waals surface area contributed by atoms with Crippen molar-refractivity contribution in [3.05, 3.63) is 56.7 Å². The number of carbonyl (C=O) groups excluding carboxylic acids is 1. The van der Waals surface area contributed by atoms with Gasteiger partial charge < -0.3 is 11.1 Å². The van der Waals surface area contributed by atoms with Crippen LogP contribution in [0.2, 0.25) is 4.34 Å². The van der Waals surface area contributed by atoms with E-state index < -0.39 is 0 Å². The molecule has 2 rings (SSSR count). The molecule has 0 aliphatic rings. The maximum absolute atomic E-state index is 12.4. The monoisotopic (exact) mass is 318 g/mol. The van der Waals surface area contributed by atoms with Crippen LogP contribution in [-0.4, -0.2) is 12.5 Å². The van der Waals surface area contributed by atoms with Crippen LogP contribution in [0, 0.1) is 11.8 Å². The Morgan fingerprint density at radius 3 is 2.81 bits per heavy atom. The molecule has 1 amide bonds. The number of nitrogens with two attached hydrogens (primary N) is 1. The summed E-state index contributed by atoms with van der Waals surface area (Å²) < 4.78 is 0.709. The molecule has 1 aromatic heterocycles. The minimum absolute atomic E-state index is 0.106. The molecule has 3 N–H and O–H groups in total. The molecule has 0 radical (unpaired) electrons. The standard InChI is InChI=1S/C16H15ClN2OS/c1-11(14-8-9-15(17)21-14)19-16(20)13-7-3-2-5-12(13)6-4-10-18/h2-3,5,7-9,11H,10,18H2,1H3,(H,19,20). The van der Waals surface area contributed by atoms with Crippen LogP contribution in [0.1, 0.15) is 33.8 Å². The minimum atomic E-state index is -0.158. The van der Waals surface area contributed by atoms with E-state index in [2.05, 4.69) is 17.2 Å². The van der Waals surface area contributed by atoms with E-state index in [9.17, 15) is 4.79 Å². The van der Waals surface area contributed by atoms with Gasteiger partial charge in [-0.1, -0.05) is 35.6 Å². The first kappa shape index (κ1) is 15.6. The Kier molecular flexibility index (Phi) is 5.40. The van der Waals surface area contributed by atoms with Gasteiger partial charge in [-0.15, -0.1) is 11.3 Å². The summed E-state index contributed by atoms with van der Waals surface area (Å²) in [4.78, 5) is 13.4. The zero-order chi connectivity index (χ0) is 15.2. The van der Waals surface area contributed by atoms with Crippen molar-refractivity contribution >= 4 is 28.8 Å². The quantitative estimate of drug-likeness (QED) is 0.854. The number of halogens is 1. The van der Waals surface area contributed by atoms with Gasteiger partial charge in [0.15, 0.2) is 0 Å². The molecule has 5 heteroatoms. The van der Waals surface area contributed by atoms with Crippen LogP contribution in [-0.2, 0) is 0 Å². The van der Waals surface area contributed by atoms with Gasteiger partial charge >= 0.3 is 0 Å². The lowest BCUT2D eigenvalue weighted by Gasteiger charge is -2.13. The topological polar surface area (TPSA) is 55.1 Å². The number of hydrogen-bond acceptors (Lipinski definition) is 3. The van der Waals surface area contributed by atoms with Crippen LogP contribution in [0.4, 0.5) is 0 Å². The fourth-order valence-corrected chi connectivity index (χ4v) is 2.91. The van der Waals surface area contributed by atoms with Crippen molar-refractivity contribution < 1.29 is 4.79 Å². The van der Waals surface area contributed by atoms with E-state index in [0.717, 1.165) is 4.88 Å². The fourth-order valence-electron chi connectivity index (χ4n) is 1.84. The second kappa shape index (κ2) is 7.28. The van der Waals surface area contributed by atoms with E-state index in [0.29, 0.717) is 15.5 Å². The smallest absolute Gasteiger partial charge is 0.253 e. The number of amides is 1. The number of hydrogen-bond donors (Lipinski definition) is 2. The van der Waals surface area contributed by atoms with Gasteiger partial charge in [-0.05, 0) is 31.2 Å². The fraction of sp³-hybridized carbons (Fsp3) is 0.188. The van der Waals surface area contributed by atoms with Gasteiger partial charge in [0.1, 0.15) is 0 Å². The molecule has 0 aliphatic heterocycles. The first-order valence-corrected chi connectivity index (χ1v) is 7.65.